The second-order valence-corrected chi connectivity index (χ2v) is 8.38. The van der Waals surface area contributed by atoms with E-state index in [1.54, 1.807) is 0 Å². The Morgan fingerprint density at radius 2 is 1.69 bits per heavy atom. The number of aliphatic hydroxyl groups excluding tert-OH is 4. The maximum absolute atomic E-state index is 9.99. The van der Waals surface area contributed by atoms with Gasteiger partial charge in [0.25, 0.3) is 0 Å². The predicted molar refractivity (Wildman–Crippen MR) is 101 cm³/mol. The highest BCUT2D eigenvalue weighted by Crippen LogP contribution is 2.31. The Balaban J connectivity index is 1.57. The van der Waals surface area contributed by atoms with Gasteiger partial charge in [-0.25, -0.2) is 0 Å². The van der Waals surface area contributed by atoms with Crippen molar-refractivity contribution in [1.82, 2.24) is 4.90 Å². The third-order valence-corrected chi connectivity index (χ3v) is 6.52. The third-order valence-electron chi connectivity index (χ3n) is 6.52. The zero-order chi connectivity index (χ0) is 19.1. The number of hydrogen-bond donors (Lipinski definition) is 4. The van der Waals surface area contributed by atoms with Crippen molar-refractivity contribution in [3.8, 4) is 0 Å². The minimum atomic E-state index is -1.18. The van der Waals surface area contributed by atoms with E-state index in [0.717, 1.165) is 38.2 Å². The number of β-amino-alcohol motifs (C(OH)–C–C–N with tert-alkyl or cyclic N) is 1. The Morgan fingerprint density at radius 1 is 0.962 bits per heavy atom. The molecular weight excluding hydrogens is 334 g/mol. The number of unbranched alkanes of at least 4 members (excludes halogenated alkanes) is 3. The molecular formula is C20H39NO5. The first kappa shape index (κ1) is 22.1. The standard InChI is InChI=1S/C20H39NO5/c1-14-8-7-9-18(15(14)2)26-11-6-4-3-5-10-21-12-17(23)20(25)19(24)16(21)13-22/h14-20,22-25H,3-13H2,1-2H3/t14?,15?,16-,17+,18?,19-,20-/m1/s1. The van der Waals surface area contributed by atoms with Crippen molar-refractivity contribution >= 4 is 0 Å². The van der Waals surface area contributed by atoms with E-state index in [2.05, 4.69) is 13.8 Å². The van der Waals surface area contributed by atoms with E-state index < -0.39 is 24.4 Å². The quantitative estimate of drug-likeness (QED) is 0.453. The first-order valence-electron chi connectivity index (χ1n) is 10.5. The average molecular weight is 374 g/mol. The van der Waals surface area contributed by atoms with Gasteiger partial charge in [0.05, 0.1) is 24.9 Å². The van der Waals surface area contributed by atoms with Crippen molar-refractivity contribution < 1.29 is 25.2 Å². The summed E-state index contributed by atoms with van der Waals surface area (Å²) >= 11 is 0. The van der Waals surface area contributed by atoms with E-state index in [0.29, 0.717) is 25.1 Å². The lowest BCUT2D eigenvalue weighted by atomic mass is 9.79. The van der Waals surface area contributed by atoms with Crippen LogP contribution in [0.3, 0.4) is 0 Å². The number of likely N-dealkylation sites (tertiary alicyclic amines) is 1. The van der Waals surface area contributed by atoms with Crippen molar-refractivity contribution in [1.29, 1.82) is 0 Å². The highest BCUT2D eigenvalue weighted by molar-refractivity contribution is 4.94. The van der Waals surface area contributed by atoms with Gasteiger partial charge in [0.15, 0.2) is 0 Å². The van der Waals surface area contributed by atoms with Gasteiger partial charge in [0, 0.05) is 13.2 Å². The normalized spacial score (nSPS) is 39.2. The lowest BCUT2D eigenvalue weighted by Gasteiger charge is -2.43. The second-order valence-electron chi connectivity index (χ2n) is 8.38. The summed E-state index contributed by atoms with van der Waals surface area (Å²) < 4.78 is 6.10. The van der Waals surface area contributed by atoms with Gasteiger partial charge < -0.3 is 25.2 Å². The predicted octanol–water partition coefficient (Wildman–Crippen LogP) is 1.15. The van der Waals surface area contributed by atoms with Crippen molar-refractivity contribution in [3.63, 3.8) is 0 Å². The van der Waals surface area contributed by atoms with Crippen LogP contribution >= 0.6 is 0 Å². The minimum Gasteiger partial charge on any atom is -0.395 e. The van der Waals surface area contributed by atoms with Gasteiger partial charge in [0.2, 0.25) is 0 Å². The Bertz CT molecular complexity index is 396. The molecule has 2 aliphatic rings. The summed E-state index contributed by atoms with van der Waals surface area (Å²) in [6.45, 7) is 6.26. The molecule has 1 aliphatic heterocycles. The third kappa shape index (κ3) is 5.88. The second kappa shape index (κ2) is 10.9. The molecule has 0 spiro atoms. The lowest BCUT2D eigenvalue weighted by molar-refractivity contribution is -0.145. The molecule has 2 rings (SSSR count). The maximum Gasteiger partial charge on any atom is 0.109 e. The molecule has 0 bridgehead atoms. The molecule has 154 valence electrons. The molecule has 26 heavy (non-hydrogen) atoms. The zero-order valence-corrected chi connectivity index (χ0v) is 16.5. The van der Waals surface area contributed by atoms with Crippen LogP contribution in [0, 0.1) is 11.8 Å². The van der Waals surface area contributed by atoms with Gasteiger partial charge in [0.1, 0.15) is 12.2 Å². The maximum atomic E-state index is 9.99. The van der Waals surface area contributed by atoms with Gasteiger partial charge in [-0.05, 0) is 37.6 Å². The Labute approximate surface area is 158 Å². The van der Waals surface area contributed by atoms with Crippen LogP contribution in [0.15, 0.2) is 0 Å². The Kier molecular flexibility index (Phi) is 9.27. The summed E-state index contributed by atoms with van der Waals surface area (Å²) in [7, 11) is 0. The summed E-state index contributed by atoms with van der Waals surface area (Å²) in [5.74, 6) is 1.42. The monoisotopic (exact) mass is 373 g/mol. The van der Waals surface area contributed by atoms with Crippen LogP contribution in [0.2, 0.25) is 0 Å². The molecule has 6 heteroatoms. The number of aliphatic hydroxyl groups is 4. The summed E-state index contributed by atoms with van der Waals surface area (Å²) in [5.41, 5.74) is 0. The van der Waals surface area contributed by atoms with Crippen molar-refractivity contribution in [2.45, 2.75) is 89.3 Å². The molecule has 1 saturated heterocycles. The van der Waals surface area contributed by atoms with Gasteiger partial charge in [-0.3, -0.25) is 4.90 Å². The summed E-state index contributed by atoms with van der Waals surface area (Å²) in [5, 5.41) is 39.0. The van der Waals surface area contributed by atoms with E-state index >= 15 is 0 Å². The number of piperidine rings is 1. The number of nitrogens with zero attached hydrogens (tertiary/aromatic N) is 1. The van der Waals surface area contributed by atoms with Crippen LogP contribution in [0.1, 0.15) is 58.8 Å². The smallest absolute Gasteiger partial charge is 0.109 e. The number of hydrogen-bond acceptors (Lipinski definition) is 6. The fourth-order valence-electron chi connectivity index (χ4n) is 4.41. The fraction of sp³-hybridized carbons (Fsp3) is 1.00. The van der Waals surface area contributed by atoms with E-state index in [1.165, 1.54) is 19.3 Å². The SMILES string of the molecule is CC1CCCC(OCCCCCCN2C[C@H](O)[C@@H](O)[C@H](O)[C@H]2CO)C1C. The molecule has 0 aromatic carbocycles. The molecule has 7 atom stereocenters. The molecule has 1 heterocycles. The van der Waals surface area contributed by atoms with E-state index in [-0.39, 0.29) is 6.61 Å². The highest BCUT2D eigenvalue weighted by Gasteiger charge is 2.40. The largest absolute Gasteiger partial charge is 0.395 e. The number of ether oxygens (including phenoxy) is 1. The average Bonchev–Trinajstić information content (AvgIpc) is 2.62. The Hall–Kier alpha value is -0.240. The van der Waals surface area contributed by atoms with Crippen molar-refractivity contribution in [2.24, 2.45) is 11.8 Å². The van der Waals surface area contributed by atoms with Crippen LogP contribution in [0.25, 0.3) is 0 Å². The number of rotatable bonds is 9. The summed E-state index contributed by atoms with van der Waals surface area (Å²) in [6.07, 6.45) is 5.16. The lowest BCUT2D eigenvalue weighted by Crippen LogP contribution is -2.62. The van der Waals surface area contributed by atoms with Crippen LogP contribution in [-0.4, -0.2) is 82.1 Å². The molecule has 1 saturated carbocycles. The molecule has 0 aromatic rings. The highest BCUT2D eigenvalue weighted by atomic mass is 16.5. The molecule has 0 aromatic heterocycles. The van der Waals surface area contributed by atoms with Crippen LogP contribution < -0.4 is 0 Å². The van der Waals surface area contributed by atoms with Gasteiger partial charge in [-0.15, -0.1) is 0 Å². The zero-order valence-electron chi connectivity index (χ0n) is 16.5. The van der Waals surface area contributed by atoms with Crippen molar-refractivity contribution in [3.05, 3.63) is 0 Å². The summed E-state index contributed by atoms with van der Waals surface area (Å²) in [4.78, 5) is 1.89. The molecule has 0 radical (unpaired) electrons. The van der Waals surface area contributed by atoms with Gasteiger partial charge in [-0.1, -0.05) is 39.5 Å². The molecule has 2 fully saturated rings. The van der Waals surface area contributed by atoms with Gasteiger partial charge in [-0.2, -0.15) is 0 Å². The molecule has 4 N–H and O–H groups in total. The van der Waals surface area contributed by atoms with Crippen molar-refractivity contribution in [2.75, 3.05) is 26.3 Å². The van der Waals surface area contributed by atoms with Crippen LogP contribution in [-0.2, 0) is 4.74 Å². The molecule has 1 aliphatic carbocycles. The van der Waals surface area contributed by atoms with E-state index in [9.17, 15) is 20.4 Å². The van der Waals surface area contributed by atoms with E-state index in [4.69, 9.17) is 4.74 Å². The Morgan fingerprint density at radius 3 is 2.42 bits per heavy atom. The minimum absolute atomic E-state index is 0.212. The topological polar surface area (TPSA) is 93.4 Å². The van der Waals surface area contributed by atoms with E-state index in [1.807, 2.05) is 4.90 Å². The van der Waals surface area contributed by atoms with Crippen LogP contribution in [0.5, 0.6) is 0 Å². The fourth-order valence-corrected chi connectivity index (χ4v) is 4.41. The molecule has 6 nitrogen and oxygen atoms in total. The first-order valence-corrected chi connectivity index (χ1v) is 10.5. The first-order chi connectivity index (χ1) is 12.5. The van der Waals surface area contributed by atoms with Gasteiger partial charge >= 0.3 is 0 Å². The summed E-state index contributed by atoms with van der Waals surface area (Å²) in [6, 6.07) is -0.494. The van der Waals surface area contributed by atoms with Crippen LogP contribution in [0.4, 0.5) is 0 Å². The molecule has 3 unspecified atom stereocenters. The molecule has 0 amide bonds.